The molecule has 2 aliphatic rings. The maximum atomic E-state index is 13.9. The molecular formula is C26H23F3N6. The highest BCUT2D eigenvalue weighted by Gasteiger charge is 2.38. The van der Waals surface area contributed by atoms with Crippen LogP contribution in [-0.4, -0.2) is 39.1 Å². The third kappa shape index (κ3) is 4.23. The van der Waals surface area contributed by atoms with Gasteiger partial charge in [-0.3, -0.25) is 15.0 Å². The molecule has 2 aromatic carbocycles. The van der Waals surface area contributed by atoms with Gasteiger partial charge in [-0.05, 0) is 47.5 Å². The lowest BCUT2D eigenvalue weighted by Crippen LogP contribution is -2.27. The molecule has 178 valence electrons. The van der Waals surface area contributed by atoms with E-state index < -0.39 is 5.92 Å². The van der Waals surface area contributed by atoms with Crippen LogP contribution in [0.15, 0.2) is 73.5 Å². The first-order chi connectivity index (χ1) is 16.9. The number of hydrogen-bond donors (Lipinski definition) is 2. The van der Waals surface area contributed by atoms with Crippen LogP contribution >= 0.6 is 0 Å². The molecule has 2 aliphatic heterocycles. The number of pyridine rings is 1. The Morgan fingerprint density at radius 3 is 2.80 bits per heavy atom. The Bertz CT molecular complexity index is 1420. The molecule has 0 amide bonds. The summed E-state index contributed by atoms with van der Waals surface area (Å²) in [6, 6.07) is 12.5. The summed E-state index contributed by atoms with van der Waals surface area (Å²) in [6.07, 6.45) is 8.60. The highest BCUT2D eigenvalue weighted by molar-refractivity contribution is 5.88. The molecule has 35 heavy (non-hydrogen) atoms. The second-order valence-electron chi connectivity index (χ2n) is 9.07. The Kier molecular flexibility index (Phi) is 5.21. The Hall–Kier alpha value is -3.85. The smallest absolute Gasteiger partial charge is 0.261 e. The lowest BCUT2D eigenvalue weighted by atomic mass is 9.98. The van der Waals surface area contributed by atoms with Crippen molar-refractivity contribution in [2.24, 2.45) is 0 Å². The molecule has 6 nitrogen and oxygen atoms in total. The Morgan fingerprint density at radius 2 is 1.97 bits per heavy atom. The number of alkyl halides is 2. The third-order valence-electron chi connectivity index (χ3n) is 6.53. The van der Waals surface area contributed by atoms with Crippen molar-refractivity contribution >= 4 is 16.6 Å². The molecule has 9 heteroatoms. The van der Waals surface area contributed by atoms with Crippen molar-refractivity contribution < 1.29 is 13.2 Å². The van der Waals surface area contributed by atoms with Gasteiger partial charge in [-0.15, -0.1) is 0 Å². The summed E-state index contributed by atoms with van der Waals surface area (Å²) in [4.78, 5) is 8.11. The molecule has 0 saturated carbocycles. The molecule has 4 heterocycles. The van der Waals surface area contributed by atoms with E-state index in [9.17, 15) is 13.2 Å². The van der Waals surface area contributed by atoms with Crippen molar-refractivity contribution in [1.29, 1.82) is 0 Å². The van der Waals surface area contributed by atoms with E-state index in [-0.39, 0.29) is 24.9 Å². The van der Waals surface area contributed by atoms with Crippen molar-refractivity contribution in [3.63, 3.8) is 0 Å². The highest BCUT2D eigenvalue weighted by Crippen LogP contribution is 2.36. The number of anilines is 1. The number of benzene rings is 2. The average Bonchev–Trinajstić information content (AvgIpc) is 3.58. The quantitative estimate of drug-likeness (QED) is 0.416. The minimum atomic E-state index is -2.62. The molecule has 1 atom stereocenters. The summed E-state index contributed by atoms with van der Waals surface area (Å²) >= 11 is 0. The van der Waals surface area contributed by atoms with Gasteiger partial charge < -0.3 is 10.2 Å². The van der Waals surface area contributed by atoms with E-state index in [4.69, 9.17) is 0 Å². The zero-order valence-electron chi connectivity index (χ0n) is 18.8. The summed E-state index contributed by atoms with van der Waals surface area (Å²) < 4.78 is 41.2. The van der Waals surface area contributed by atoms with Crippen LogP contribution in [0.1, 0.15) is 23.7 Å². The van der Waals surface area contributed by atoms with Gasteiger partial charge in [0.1, 0.15) is 12.0 Å². The molecular weight excluding hydrogens is 453 g/mol. The van der Waals surface area contributed by atoms with Crippen LogP contribution in [0.5, 0.6) is 0 Å². The van der Waals surface area contributed by atoms with E-state index in [1.54, 1.807) is 29.6 Å². The van der Waals surface area contributed by atoms with Crippen LogP contribution in [-0.2, 0) is 6.54 Å². The maximum absolute atomic E-state index is 13.9. The monoisotopic (exact) mass is 476 g/mol. The van der Waals surface area contributed by atoms with Crippen molar-refractivity contribution in [1.82, 2.24) is 25.4 Å². The summed E-state index contributed by atoms with van der Waals surface area (Å²) in [7, 11) is 0. The predicted molar refractivity (Wildman–Crippen MR) is 128 cm³/mol. The topological polar surface area (TPSA) is 60.1 Å². The molecule has 1 saturated heterocycles. The molecule has 4 aromatic rings. The molecule has 0 spiro atoms. The molecule has 0 bridgehead atoms. The van der Waals surface area contributed by atoms with Gasteiger partial charge in [0.05, 0.1) is 18.3 Å². The van der Waals surface area contributed by atoms with E-state index in [0.717, 1.165) is 38.8 Å². The molecule has 1 unspecified atom stereocenters. The van der Waals surface area contributed by atoms with E-state index in [1.807, 2.05) is 35.5 Å². The van der Waals surface area contributed by atoms with Gasteiger partial charge >= 0.3 is 0 Å². The van der Waals surface area contributed by atoms with Gasteiger partial charge in [0.25, 0.3) is 5.92 Å². The SMILES string of the molecule is Fc1cccc(N2C=CNC2c2cc(-c3cncc(CN4CCC(F)(F)C4)c3)cc3cn[nH]c23)c1. The normalized spacial score (nSPS) is 19.5. The largest absolute Gasteiger partial charge is 0.366 e. The number of likely N-dealkylation sites (tertiary alicyclic amines) is 1. The van der Waals surface area contributed by atoms with E-state index in [0.29, 0.717) is 13.1 Å². The van der Waals surface area contributed by atoms with Crippen molar-refractivity contribution in [3.05, 3.63) is 90.4 Å². The standard InChI is InChI=1S/C26H23F3N6/c27-21-2-1-3-22(11-21)35-7-5-31-25(35)23-10-18(9-20-14-32-33-24(20)23)19-8-17(12-30-13-19)15-34-6-4-26(28,29)16-34/h1-3,5,7-14,25,31H,4,6,15-16H2,(H,32,33). The lowest BCUT2D eigenvalue weighted by Gasteiger charge is -2.27. The second kappa shape index (κ2) is 8.42. The number of hydrogen-bond acceptors (Lipinski definition) is 5. The van der Waals surface area contributed by atoms with Crippen molar-refractivity contribution in [2.45, 2.75) is 25.1 Å². The molecule has 1 fully saturated rings. The fourth-order valence-corrected chi connectivity index (χ4v) is 4.89. The van der Waals surface area contributed by atoms with Crippen LogP contribution in [0, 0.1) is 5.82 Å². The Morgan fingerprint density at radius 1 is 1.06 bits per heavy atom. The first-order valence-electron chi connectivity index (χ1n) is 11.4. The van der Waals surface area contributed by atoms with Crippen molar-refractivity contribution in [3.8, 4) is 11.1 Å². The van der Waals surface area contributed by atoms with Crippen LogP contribution in [0.25, 0.3) is 22.0 Å². The number of aromatic amines is 1. The number of H-pyrrole nitrogens is 1. The van der Waals surface area contributed by atoms with Crippen molar-refractivity contribution in [2.75, 3.05) is 18.0 Å². The van der Waals surface area contributed by atoms with E-state index in [1.165, 1.54) is 12.1 Å². The van der Waals surface area contributed by atoms with Crippen LogP contribution in [0.4, 0.5) is 18.9 Å². The Labute approximate surface area is 200 Å². The van der Waals surface area contributed by atoms with Crippen LogP contribution < -0.4 is 10.2 Å². The van der Waals surface area contributed by atoms with Gasteiger partial charge in [-0.2, -0.15) is 5.10 Å². The molecule has 6 rings (SSSR count). The minimum Gasteiger partial charge on any atom is -0.366 e. The highest BCUT2D eigenvalue weighted by atomic mass is 19.3. The third-order valence-corrected chi connectivity index (χ3v) is 6.53. The number of rotatable bonds is 5. The van der Waals surface area contributed by atoms with E-state index >= 15 is 0 Å². The van der Waals surface area contributed by atoms with Gasteiger partial charge in [0.15, 0.2) is 0 Å². The van der Waals surface area contributed by atoms with Gasteiger partial charge in [-0.1, -0.05) is 6.07 Å². The zero-order valence-corrected chi connectivity index (χ0v) is 18.8. The van der Waals surface area contributed by atoms with Crippen LogP contribution in [0.3, 0.4) is 0 Å². The maximum Gasteiger partial charge on any atom is 0.261 e. The average molecular weight is 477 g/mol. The molecule has 0 aliphatic carbocycles. The molecule has 2 N–H and O–H groups in total. The first-order valence-corrected chi connectivity index (χ1v) is 11.4. The minimum absolute atomic E-state index is 0.106. The van der Waals surface area contributed by atoms with Gasteiger partial charge in [0, 0.05) is 66.5 Å². The van der Waals surface area contributed by atoms with Gasteiger partial charge in [-0.25, -0.2) is 13.2 Å². The summed E-state index contributed by atoms with van der Waals surface area (Å²) in [5.41, 5.74) is 5.24. The number of nitrogens with zero attached hydrogens (tertiary/aromatic N) is 4. The fourth-order valence-electron chi connectivity index (χ4n) is 4.89. The van der Waals surface area contributed by atoms with Crippen LogP contribution in [0.2, 0.25) is 0 Å². The Balaban J connectivity index is 1.35. The number of nitrogens with one attached hydrogen (secondary N) is 2. The number of halogens is 3. The molecule has 2 aromatic heterocycles. The predicted octanol–water partition coefficient (Wildman–Crippen LogP) is 5.18. The zero-order chi connectivity index (χ0) is 24.0. The van der Waals surface area contributed by atoms with E-state index in [2.05, 4.69) is 26.6 Å². The summed E-state index contributed by atoms with van der Waals surface area (Å²) in [5, 5.41) is 11.6. The number of aromatic nitrogens is 3. The second-order valence-corrected chi connectivity index (χ2v) is 9.07. The summed E-state index contributed by atoms with van der Waals surface area (Å²) in [6.45, 7) is 0.579. The summed E-state index contributed by atoms with van der Waals surface area (Å²) in [5.74, 6) is -2.93. The fraction of sp³-hybridized carbons (Fsp3) is 0.231. The number of fused-ring (bicyclic) bond motifs is 1. The first kappa shape index (κ1) is 21.7. The van der Waals surface area contributed by atoms with Gasteiger partial charge in [0.2, 0.25) is 0 Å². The molecule has 0 radical (unpaired) electrons. The lowest BCUT2D eigenvalue weighted by molar-refractivity contribution is 0.0115.